The summed E-state index contributed by atoms with van der Waals surface area (Å²) in [5, 5.41) is 0.854. The Kier molecular flexibility index (Phi) is 2.97. The molecule has 0 saturated heterocycles. The first kappa shape index (κ1) is 10.5. The highest BCUT2D eigenvalue weighted by atomic mass is 35.5. The van der Waals surface area contributed by atoms with Crippen LogP contribution in [0.3, 0.4) is 0 Å². The summed E-state index contributed by atoms with van der Waals surface area (Å²) in [5.41, 5.74) is 0.664. The van der Waals surface area contributed by atoms with Crippen molar-refractivity contribution in [1.82, 2.24) is 0 Å². The highest BCUT2D eigenvalue weighted by Crippen LogP contribution is 2.33. The van der Waals surface area contributed by atoms with Crippen LogP contribution in [0.2, 0.25) is 0 Å². The van der Waals surface area contributed by atoms with Crippen molar-refractivity contribution in [1.29, 1.82) is 0 Å². The van der Waals surface area contributed by atoms with E-state index in [1.54, 1.807) is 6.92 Å². The number of hydrogen-bond acceptors (Lipinski definition) is 1. The Morgan fingerprint density at radius 3 is 2.62 bits per heavy atom. The van der Waals surface area contributed by atoms with Crippen LogP contribution < -0.4 is 0 Å². The summed E-state index contributed by atoms with van der Waals surface area (Å²) in [5.74, 6) is 0.182. The van der Waals surface area contributed by atoms with Crippen molar-refractivity contribution >= 4 is 17.4 Å². The van der Waals surface area contributed by atoms with E-state index >= 15 is 0 Å². The zero-order valence-corrected chi connectivity index (χ0v) is 9.11. The van der Waals surface area contributed by atoms with Gasteiger partial charge in [-0.1, -0.05) is 17.7 Å². The molecule has 0 amide bonds. The Balaban J connectivity index is 2.95. The number of hydrogen-bond donors (Lipinski definition) is 0. The minimum absolute atomic E-state index is 0.182. The van der Waals surface area contributed by atoms with E-state index in [2.05, 4.69) is 6.08 Å². The molecule has 0 aliphatic heterocycles. The van der Waals surface area contributed by atoms with Crippen molar-refractivity contribution in [3.63, 3.8) is 0 Å². The number of carbonyl (C=O) groups is 1. The quantitative estimate of drug-likeness (QED) is 0.665. The smallest absolute Gasteiger partial charge is 0.139 e. The molecule has 0 bridgehead atoms. The Bertz CT molecular complexity index is 284. The molecule has 0 aromatic carbocycles. The van der Waals surface area contributed by atoms with Crippen molar-refractivity contribution in [3.05, 3.63) is 22.8 Å². The second kappa shape index (κ2) is 3.67. The average Bonchev–Trinajstić information content (AvgIpc) is 2.04. The van der Waals surface area contributed by atoms with Gasteiger partial charge in [0.25, 0.3) is 0 Å². The molecule has 0 N–H and O–H groups in total. The summed E-state index contributed by atoms with van der Waals surface area (Å²) in [6, 6.07) is 0. The highest BCUT2D eigenvalue weighted by Gasteiger charge is 2.28. The van der Waals surface area contributed by atoms with Crippen molar-refractivity contribution in [2.24, 2.45) is 5.41 Å². The van der Waals surface area contributed by atoms with Crippen LogP contribution in [-0.2, 0) is 4.79 Å². The van der Waals surface area contributed by atoms with E-state index in [0.717, 1.165) is 23.4 Å². The Hall–Kier alpha value is -0.560. The van der Waals surface area contributed by atoms with Crippen molar-refractivity contribution < 1.29 is 4.79 Å². The van der Waals surface area contributed by atoms with Gasteiger partial charge in [0.05, 0.1) is 0 Å². The van der Waals surface area contributed by atoms with Crippen LogP contribution >= 0.6 is 11.6 Å². The molecule has 72 valence electrons. The van der Waals surface area contributed by atoms with Gasteiger partial charge in [0.15, 0.2) is 0 Å². The van der Waals surface area contributed by atoms with Gasteiger partial charge in [-0.3, -0.25) is 4.79 Å². The standard InChI is InChI=1S/C11H15ClO/c1-8(13)11(2,3)9-5-4-6-10(12)7-9/h5,7H,4,6H2,1-3H3. The summed E-state index contributed by atoms with van der Waals surface area (Å²) >= 11 is 5.93. The van der Waals surface area contributed by atoms with Gasteiger partial charge in [-0.2, -0.15) is 0 Å². The lowest BCUT2D eigenvalue weighted by Crippen LogP contribution is -2.23. The fourth-order valence-corrected chi connectivity index (χ4v) is 1.53. The largest absolute Gasteiger partial charge is 0.299 e. The summed E-state index contributed by atoms with van der Waals surface area (Å²) in [6.45, 7) is 5.50. The van der Waals surface area contributed by atoms with Gasteiger partial charge in [0.2, 0.25) is 0 Å². The molecule has 0 aromatic heterocycles. The van der Waals surface area contributed by atoms with E-state index in [-0.39, 0.29) is 11.2 Å². The van der Waals surface area contributed by atoms with Crippen LogP contribution in [0.4, 0.5) is 0 Å². The van der Waals surface area contributed by atoms with Gasteiger partial charge >= 0.3 is 0 Å². The number of Topliss-reactive ketones (excluding diaryl/α,β-unsaturated/α-hetero) is 1. The first-order valence-corrected chi connectivity index (χ1v) is 4.90. The van der Waals surface area contributed by atoms with Crippen LogP contribution in [0.25, 0.3) is 0 Å². The molecular formula is C11H15ClO. The third-order valence-electron chi connectivity index (χ3n) is 2.66. The molecule has 2 heteroatoms. The van der Waals surface area contributed by atoms with Gasteiger partial charge < -0.3 is 0 Å². The second-order valence-electron chi connectivity index (χ2n) is 3.97. The van der Waals surface area contributed by atoms with Gasteiger partial charge in [-0.15, -0.1) is 0 Å². The molecule has 0 fully saturated rings. The SMILES string of the molecule is CC(=O)C(C)(C)C1=CCCC(Cl)=C1. The topological polar surface area (TPSA) is 17.1 Å². The highest BCUT2D eigenvalue weighted by molar-refractivity contribution is 6.29. The third kappa shape index (κ3) is 2.22. The maximum Gasteiger partial charge on any atom is 0.139 e. The molecule has 0 atom stereocenters. The monoisotopic (exact) mass is 198 g/mol. The lowest BCUT2D eigenvalue weighted by molar-refractivity contribution is -0.123. The van der Waals surface area contributed by atoms with Crippen molar-refractivity contribution in [2.45, 2.75) is 33.6 Å². The fraction of sp³-hybridized carbons (Fsp3) is 0.545. The number of halogens is 1. The predicted molar refractivity (Wildman–Crippen MR) is 55.7 cm³/mol. The van der Waals surface area contributed by atoms with Crippen molar-refractivity contribution in [3.8, 4) is 0 Å². The van der Waals surface area contributed by atoms with Gasteiger partial charge in [0, 0.05) is 10.4 Å². The Labute approximate surface area is 84.5 Å². The molecule has 0 unspecified atom stereocenters. The molecule has 1 aliphatic carbocycles. The molecule has 13 heavy (non-hydrogen) atoms. The molecule has 1 rings (SSSR count). The predicted octanol–water partition coefficient (Wildman–Crippen LogP) is 3.44. The summed E-state index contributed by atoms with van der Waals surface area (Å²) in [7, 11) is 0. The van der Waals surface area contributed by atoms with E-state index in [0.29, 0.717) is 0 Å². The zero-order chi connectivity index (χ0) is 10.1. The van der Waals surface area contributed by atoms with Gasteiger partial charge in [-0.25, -0.2) is 0 Å². The minimum atomic E-state index is -0.388. The number of allylic oxidation sites excluding steroid dienone is 4. The summed E-state index contributed by atoms with van der Waals surface area (Å²) in [4.78, 5) is 11.4. The molecular weight excluding hydrogens is 184 g/mol. The van der Waals surface area contributed by atoms with E-state index in [9.17, 15) is 4.79 Å². The average molecular weight is 199 g/mol. The molecule has 0 spiro atoms. The molecule has 0 saturated carbocycles. The molecule has 0 aromatic rings. The molecule has 0 heterocycles. The molecule has 1 nitrogen and oxygen atoms in total. The maximum atomic E-state index is 11.4. The zero-order valence-electron chi connectivity index (χ0n) is 8.36. The van der Waals surface area contributed by atoms with Crippen LogP contribution in [0, 0.1) is 5.41 Å². The van der Waals surface area contributed by atoms with Crippen LogP contribution in [0.15, 0.2) is 22.8 Å². The van der Waals surface area contributed by atoms with Crippen LogP contribution in [0.5, 0.6) is 0 Å². The lowest BCUT2D eigenvalue weighted by atomic mass is 9.78. The number of rotatable bonds is 2. The first-order valence-electron chi connectivity index (χ1n) is 4.52. The number of carbonyl (C=O) groups excluding carboxylic acids is 1. The van der Waals surface area contributed by atoms with E-state index in [1.165, 1.54) is 0 Å². The first-order chi connectivity index (χ1) is 5.94. The Morgan fingerprint density at radius 2 is 2.15 bits per heavy atom. The second-order valence-corrected chi connectivity index (χ2v) is 4.46. The van der Waals surface area contributed by atoms with Gasteiger partial charge in [0.1, 0.15) is 5.78 Å². The third-order valence-corrected chi connectivity index (χ3v) is 2.96. The maximum absolute atomic E-state index is 11.4. The summed E-state index contributed by atoms with van der Waals surface area (Å²) in [6.07, 6.45) is 5.88. The van der Waals surface area contributed by atoms with Crippen LogP contribution in [-0.4, -0.2) is 5.78 Å². The van der Waals surface area contributed by atoms with Gasteiger partial charge in [-0.05, 0) is 45.3 Å². The number of ketones is 1. The van der Waals surface area contributed by atoms with E-state index < -0.39 is 0 Å². The van der Waals surface area contributed by atoms with E-state index in [4.69, 9.17) is 11.6 Å². The fourth-order valence-electron chi connectivity index (χ4n) is 1.30. The summed E-state index contributed by atoms with van der Waals surface area (Å²) < 4.78 is 0. The minimum Gasteiger partial charge on any atom is -0.299 e. The van der Waals surface area contributed by atoms with Crippen molar-refractivity contribution in [2.75, 3.05) is 0 Å². The molecule has 1 aliphatic rings. The Morgan fingerprint density at radius 1 is 1.54 bits per heavy atom. The lowest BCUT2D eigenvalue weighted by Gasteiger charge is -2.25. The molecule has 0 radical (unpaired) electrons. The van der Waals surface area contributed by atoms with Crippen LogP contribution in [0.1, 0.15) is 33.6 Å². The normalized spacial score (nSPS) is 17.8. The van der Waals surface area contributed by atoms with E-state index in [1.807, 2.05) is 19.9 Å².